The summed E-state index contributed by atoms with van der Waals surface area (Å²) >= 11 is 12.9. The number of aromatic nitrogens is 1. The number of nitrogens with zero attached hydrogens (tertiary/aromatic N) is 1. The first kappa shape index (κ1) is 12.4. The Morgan fingerprint density at radius 1 is 1.29 bits per heavy atom. The molecule has 0 atom stereocenters. The van der Waals surface area contributed by atoms with Gasteiger partial charge >= 0.3 is 0 Å². The summed E-state index contributed by atoms with van der Waals surface area (Å²) in [7, 11) is 0. The number of amides is 1. The average Bonchev–Trinajstić information content (AvgIpc) is 2.72. The summed E-state index contributed by atoms with van der Waals surface area (Å²) < 4.78 is 0.704. The van der Waals surface area contributed by atoms with Crippen molar-refractivity contribution in [1.82, 2.24) is 10.3 Å². The van der Waals surface area contributed by atoms with Crippen molar-refractivity contribution in [2.45, 2.75) is 6.54 Å². The van der Waals surface area contributed by atoms with E-state index in [1.807, 2.05) is 6.07 Å². The number of carbonyl (C=O) groups is 1. The fourth-order valence-corrected chi connectivity index (χ4v) is 2.43. The number of rotatable bonds is 3. The second-order valence-corrected chi connectivity index (χ2v) is 5.42. The Morgan fingerprint density at radius 2 is 2.12 bits per heavy atom. The highest BCUT2D eigenvalue weighted by atomic mass is 35.5. The molecule has 0 bridgehead atoms. The minimum Gasteiger partial charge on any atom is -0.346 e. The van der Waals surface area contributed by atoms with Crippen molar-refractivity contribution in [3.8, 4) is 0 Å². The van der Waals surface area contributed by atoms with Crippen molar-refractivity contribution >= 4 is 40.4 Å². The van der Waals surface area contributed by atoms with Crippen molar-refractivity contribution in [3.05, 3.63) is 50.4 Å². The van der Waals surface area contributed by atoms with Gasteiger partial charge in [-0.2, -0.15) is 0 Å². The van der Waals surface area contributed by atoms with Crippen LogP contribution in [0, 0.1) is 0 Å². The molecule has 0 unspecified atom stereocenters. The predicted octanol–water partition coefficient (Wildman–Crippen LogP) is 3.38. The molecule has 1 N–H and O–H groups in total. The lowest BCUT2D eigenvalue weighted by Crippen LogP contribution is -2.23. The molecule has 0 aliphatic heterocycles. The molecule has 6 heteroatoms. The van der Waals surface area contributed by atoms with Crippen molar-refractivity contribution in [2.75, 3.05) is 0 Å². The van der Waals surface area contributed by atoms with Gasteiger partial charge in [-0.05, 0) is 24.3 Å². The third kappa shape index (κ3) is 3.43. The largest absolute Gasteiger partial charge is 0.346 e. The Bertz CT molecular complexity index is 542. The zero-order chi connectivity index (χ0) is 12.3. The van der Waals surface area contributed by atoms with Crippen LogP contribution in [-0.4, -0.2) is 10.9 Å². The van der Waals surface area contributed by atoms with Crippen LogP contribution in [0.25, 0.3) is 0 Å². The summed E-state index contributed by atoms with van der Waals surface area (Å²) in [6.07, 6.45) is 0. The van der Waals surface area contributed by atoms with E-state index in [2.05, 4.69) is 10.3 Å². The van der Waals surface area contributed by atoms with Crippen LogP contribution in [0.1, 0.15) is 15.4 Å². The second kappa shape index (κ2) is 5.49. The van der Waals surface area contributed by atoms with Crippen LogP contribution in [-0.2, 0) is 6.54 Å². The predicted molar refractivity (Wildman–Crippen MR) is 69.7 cm³/mol. The number of pyridine rings is 1. The first-order valence-electron chi connectivity index (χ1n) is 4.80. The van der Waals surface area contributed by atoms with E-state index >= 15 is 0 Å². The molecule has 2 heterocycles. The highest BCUT2D eigenvalue weighted by Crippen LogP contribution is 2.21. The van der Waals surface area contributed by atoms with Gasteiger partial charge in [-0.3, -0.25) is 4.79 Å². The van der Waals surface area contributed by atoms with E-state index in [0.29, 0.717) is 21.7 Å². The van der Waals surface area contributed by atoms with Crippen LogP contribution in [0.3, 0.4) is 0 Å². The molecular weight excluding hydrogens is 279 g/mol. The Balaban J connectivity index is 1.98. The molecule has 0 aliphatic rings. The van der Waals surface area contributed by atoms with Crippen LogP contribution in [0.15, 0.2) is 30.3 Å². The first-order valence-corrected chi connectivity index (χ1v) is 6.37. The SMILES string of the molecule is O=C(NCc1ccc(Cl)s1)c1cccc(Cl)n1. The number of thiophene rings is 1. The average molecular weight is 287 g/mol. The van der Waals surface area contributed by atoms with Crippen molar-refractivity contribution in [2.24, 2.45) is 0 Å². The summed E-state index contributed by atoms with van der Waals surface area (Å²) in [5, 5.41) is 3.05. The van der Waals surface area contributed by atoms with Gasteiger partial charge in [0.25, 0.3) is 5.91 Å². The van der Waals surface area contributed by atoms with E-state index in [4.69, 9.17) is 23.2 Å². The maximum absolute atomic E-state index is 11.7. The van der Waals surface area contributed by atoms with Gasteiger partial charge < -0.3 is 5.32 Å². The lowest BCUT2D eigenvalue weighted by Gasteiger charge is -2.02. The van der Waals surface area contributed by atoms with E-state index in [-0.39, 0.29) is 5.91 Å². The highest BCUT2D eigenvalue weighted by molar-refractivity contribution is 7.16. The summed E-state index contributed by atoms with van der Waals surface area (Å²) in [6.45, 7) is 0.435. The quantitative estimate of drug-likeness (QED) is 0.879. The molecule has 0 aromatic carbocycles. The van der Waals surface area contributed by atoms with Crippen molar-refractivity contribution in [3.63, 3.8) is 0 Å². The number of hydrogen-bond donors (Lipinski definition) is 1. The molecule has 2 rings (SSSR count). The fraction of sp³-hybridized carbons (Fsp3) is 0.0909. The maximum Gasteiger partial charge on any atom is 0.270 e. The van der Waals surface area contributed by atoms with E-state index in [1.165, 1.54) is 11.3 Å². The summed E-state index contributed by atoms with van der Waals surface area (Å²) in [5.74, 6) is -0.253. The molecule has 0 radical (unpaired) electrons. The third-order valence-electron chi connectivity index (χ3n) is 2.00. The van der Waals surface area contributed by atoms with E-state index in [1.54, 1.807) is 24.3 Å². The van der Waals surface area contributed by atoms with Gasteiger partial charge in [0.15, 0.2) is 0 Å². The minimum atomic E-state index is -0.253. The molecule has 0 aliphatic carbocycles. The fourth-order valence-electron chi connectivity index (χ4n) is 1.24. The zero-order valence-electron chi connectivity index (χ0n) is 8.61. The van der Waals surface area contributed by atoms with Gasteiger partial charge in [0, 0.05) is 4.88 Å². The molecule has 0 fully saturated rings. The van der Waals surface area contributed by atoms with Crippen LogP contribution < -0.4 is 5.32 Å². The summed E-state index contributed by atoms with van der Waals surface area (Å²) in [5.41, 5.74) is 0.306. The molecule has 0 spiro atoms. The zero-order valence-corrected chi connectivity index (χ0v) is 10.9. The highest BCUT2D eigenvalue weighted by Gasteiger charge is 2.07. The second-order valence-electron chi connectivity index (χ2n) is 3.23. The number of hydrogen-bond acceptors (Lipinski definition) is 3. The van der Waals surface area contributed by atoms with Crippen molar-refractivity contribution in [1.29, 1.82) is 0 Å². The molecule has 2 aromatic heterocycles. The van der Waals surface area contributed by atoms with Gasteiger partial charge in [-0.15, -0.1) is 11.3 Å². The Labute approximate surface area is 112 Å². The van der Waals surface area contributed by atoms with Crippen molar-refractivity contribution < 1.29 is 4.79 Å². The van der Waals surface area contributed by atoms with Crippen LogP contribution >= 0.6 is 34.5 Å². The standard InChI is InChI=1S/C11H8Cl2N2OS/c12-9-3-1-2-8(15-9)11(16)14-6-7-4-5-10(13)17-7/h1-5H,6H2,(H,14,16). The first-order chi connectivity index (χ1) is 8.15. The lowest BCUT2D eigenvalue weighted by molar-refractivity contribution is 0.0946. The molecule has 0 saturated carbocycles. The van der Waals surface area contributed by atoms with Gasteiger partial charge in [0.2, 0.25) is 0 Å². The number of halogens is 2. The van der Waals surface area contributed by atoms with E-state index < -0.39 is 0 Å². The Morgan fingerprint density at radius 3 is 2.76 bits per heavy atom. The van der Waals surface area contributed by atoms with E-state index in [0.717, 1.165) is 4.88 Å². The monoisotopic (exact) mass is 286 g/mol. The topological polar surface area (TPSA) is 42.0 Å². The lowest BCUT2D eigenvalue weighted by atomic mass is 10.3. The number of nitrogens with one attached hydrogen (secondary N) is 1. The van der Waals surface area contributed by atoms with E-state index in [9.17, 15) is 4.79 Å². The van der Waals surface area contributed by atoms with Crippen LogP contribution in [0.2, 0.25) is 9.49 Å². The number of carbonyl (C=O) groups excluding carboxylic acids is 1. The molecular formula is C11H8Cl2N2OS. The maximum atomic E-state index is 11.7. The smallest absolute Gasteiger partial charge is 0.270 e. The normalized spacial score (nSPS) is 10.2. The molecule has 17 heavy (non-hydrogen) atoms. The van der Waals surface area contributed by atoms with Gasteiger partial charge in [0.05, 0.1) is 10.9 Å². The summed E-state index contributed by atoms with van der Waals surface area (Å²) in [6, 6.07) is 8.59. The molecule has 3 nitrogen and oxygen atoms in total. The summed E-state index contributed by atoms with van der Waals surface area (Å²) in [4.78, 5) is 16.6. The Hall–Kier alpha value is -1.10. The van der Waals surface area contributed by atoms with Gasteiger partial charge in [-0.1, -0.05) is 29.3 Å². The van der Waals surface area contributed by atoms with Gasteiger partial charge in [0.1, 0.15) is 10.8 Å². The van der Waals surface area contributed by atoms with Crippen LogP contribution in [0.5, 0.6) is 0 Å². The molecule has 88 valence electrons. The minimum absolute atomic E-state index is 0.253. The van der Waals surface area contributed by atoms with Crippen LogP contribution in [0.4, 0.5) is 0 Å². The third-order valence-corrected chi connectivity index (χ3v) is 3.44. The van der Waals surface area contributed by atoms with Gasteiger partial charge in [-0.25, -0.2) is 4.98 Å². The Kier molecular flexibility index (Phi) is 3.99. The molecule has 2 aromatic rings. The molecule has 1 amide bonds. The molecule has 0 saturated heterocycles.